The number of halogens is 4. The summed E-state index contributed by atoms with van der Waals surface area (Å²) in [5.41, 5.74) is -0.920. The molecule has 0 aliphatic carbocycles. The number of amides is 2. The number of carbonyl (C=O) groups is 1. The lowest BCUT2D eigenvalue weighted by atomic mass is 10.2. The molecule has 1 N–H and O–H groups in total. The zero-order valence-corrected chi connectivity index (χ0v) is 13.1. The minimum Gasteiger partial charge on any atom is -0.369 e. The number of carbonyl (C=O) groups excluding carboxylic acids is 1. The van der Waals surface area contributed by atoms with E-state index in [0.29, 0.717) is 0 Å². The number of nitrogens with zero attached hydrogens (tertiary/aromatic N) is 3. The number of alkyl halides is 3. The maximum Gasteiger partial charge on any atom is 0.417 e. The van der Waals surface area contributed by atoms with Gasteiger partial charge in [-0.1, -0.05) is 0 Å². The SMILES string of the molecule is COC1C(O)N(c2cc(C(F)(F)F)c(I)cn2)C(=O)N1C. The van der Waals surface area contributed by atoms with E-state index in [-0.39, 0.29) is 9.39 Å². The predicted octanol–water partition coefficient (Wildman–Crippen LogP) is 1.87. The van der Waals surface area contributed by atoms with Crippen molar-refractivity contribution < 1.29 is 27.8 Å². The number of methoxy groups -OCH3 is 1. The maximum absolute atomic E-state index is 12.9. The van der Waals surface area contributed by atoms with Crippen molar-refractivity contribution in [1.82, 2.24) is 9.88 Å². The summed E-state index contributed by atoms with van der Waals surface area (Å²) < 4.78 is 43.5. The van der Waals surface area contributed by atoms with Crippen molar-refractivity contribution in [2.24, 2.45) is 0 Å². The summed E-state index contributed by atoms with van der Waals surface area (Å²) >= 11 is 1.51. The standard InChI is InChI=1S/C11H11F3IN3O3/c1-17-9(21-2)8(19)18(10(17)20)7-3-5(11(12,13)14)6(15)4-16-7/h3-4,8-9,19H,1-2H3. The molecule has 0 spiro atoms. The van der Waals surface area contributed by atoms with Gasteiger partial charge in [-0.2, -0.15) is 13.2 Å². The van der Waals surface area contributed by atoms with Gasteiger partial charge in [0.15, 0.2) is 12.5 Å². The topological polar surface area (TPSA) is 65.9 Å². The second kappa shape index (κ2) is 5.57. The maximum atomic E-state index is 12.9. The zero-order chi connectivity index (χ0) is 15.9. The van der Waals surface area contributed by atoms with Gasteiger partial charge in [0.05, 0.1) is 5.56 Å². The molecule has 1 aromatic heterocycles. The lowest BCUT2D eigenvalue weighted by Crippen LogP contribution is -2.38. The van der Waals surface area contributed by atoms with Crippen molar-refractivity contribution in [3.8, 4) is 0 Å². The van der Waals surface area contributed by atoms with Crippen LogP contribution < -0.4 is 4.90 Å². The fourth-order valence-corrected chi connectivity index (χ4v) is 2.61. The van der Waals surface area contributed by atoms with E-state index in [0.717, 1.165) is 22.1 Å². The average Bonchev–Trinajstić information content (AvgIpc) is 2.60. The molecule has 6 nitrogen and oxygen atoms in total. The number of hydrogen-bond donors (Lipinski definition) is 1. The summed E-state index contributed by atoms with van der Waals surface area (Å²) in [5, 5.41) is 10.0. The van der Waals surface area contributed by atoms with Crippen LogP contribution in [0.3, 0.4) is 0 Å². The molecule has 1 aliphatic rings. The summed E-state index contributed by atoms with van der Waals surface area (Å²) in [4.78, 5) is 17.7. The first-order valence-corrected chi connectivity index (χ1v) is 6.76. The van der Waals surface area contributed by atoms with Crippen molar-refractivity contribution in [3.63, 3.8) is 0 Å². The van der Waals surface area contributed by atoms with Crippen LogP contribution in [0.15, 0.2) is 12.3 Å². The zero-order valence-electron chi connectivity index (χ0n) is 10.9. The van der Waals surface area contributed by atoms with Crippen LogP contribution in [0.2, 0.25) is 0 Å². The second-order valence-electron chi connectivity index (χ2n) is 4.32. The molecule has 1 aliphatic heterocycles. The number of aliphatic hydroxyl groups is 1. The van der Waals surface area contributed by atoms with Crippen LogP contribution in [0.4, 0.5) is 23.8 Å². The number of aromatic nitrogens is 1. The van der Waals surface area contributed by atoms with Crippen molar-refractivity contribution in [1.29, 1.82) is 0 Å². The van der Waals surface area contributed by atoms with Crippen LogP contribution >= 0.6 is 22.6 Å². The molecule has 2 rings (SSSR count). The Balaban J connectivity index is 2.46. The molecule has 1 fully saturated rings. The molecule has 0 bridgehead atoms. The van der Waals surface area contributed by atoms with Gasteiger partial charge in [-0.3, -0.25) is 4.90 Å². The molecule has 2 heterocycles. The van der Waals surface area contributed by atoms with E-state index < -0.39 is 30.2 Å². The van der Waals surface area contributed by atoms with E-state index in [9.17, 15) is 23.1 Å². The Kier molecular flexibility index (Phi) is 4.31. The number of anilines is 1. The normalized spacial score (nSPS) is 23.1. The third-order valence-corrected chi connectivity index (χ3v) is 3.90. The Labute approximate surface area is 131 Å². The predicted molar refractivity (Wildman–Crippen MR) is 74.4 cm³/mol. The number of ether oxygens (including phenoxy) is 1. The van der Waals surface area contributed by atoms with E-state index in [1.807, 2.05) is 0 Å². The van der Waals surface area contributed by atoms with Gasteiger partial charge in [0.25, 0.3) is 0 Å². The first-order chi connectivity index (χ1) is 9.68. The Morgan fingerprint density at radius 1 is 1.48 bits per heavy atom. The monoisotopic (exact) mass is 417 g/mol. The lowest BCUT2D eigenvalue weighted by molar-refractivity contribution is -0.138. The van der Waals surface area contributed by atoms with Crippen molar-refractivity contribution in [2.45, 2.75) is 18.6 Å². The highest BCUT2D eigenvalue weighted by Crippen LogP contribution is 2.35. The van der Waals surface area contributed by atoms with E-state index in [4.69, 9.17) is 4.74 Å². The molecule has 21 heavy (non-hydrogen) atoms. The van der Waals surface area contributed by atoms with Gasteiger partial charge in [-0.05, 0) is 28.7 Å². The molecule has 0 radical (unpaired) electrons. The van der Waals surface area contributed by atoms with Crippen LogP contribution in [0.1, 0.15) is 5.56 Å². The lowest BCUT2D eigenvalue weighted by Gasteiger charge is -2.21. The van der Waals surface area contributed by atoms with E-state index in [1.165, 1.54) is 36.7 Å². The summed E-state index contributed by atoms with van der Waals surface area (Å²) in [6.45, 7) is 0. The van der Waals surface area contributed by atoms with Crippen LogP contribution in [0.25, 0.3) is 0 Å². The number of pyridine rings is 1. The Morgan fingerprint density at radius 2 is 2.10 bits per heavy atom. The van der Waals surface area contributed by atoms with Crippen LogP contribution in [0.5, 0.6) is 0 Å². The van der Waals surface area contributed by atoms with Crippen molar-refractivity contribution >= 4 is 34.4 Å². The number of hydrogen-bond acceptors (Lipinski definition) is 4. The Morgan fingerprint density at radius 3 is 2.57 bits per heavy atom. The second-order valence-corrected chi connectivity index (χ2v) is 5.49. The molecular formula is C11H11F3IN3O3. The first-order valence-electron chi connectivity index (χ1n) is 5.68. The summed E-state index contributed by atoms with van der Waals surface area (Å²) in [5.74, 6) is -0.286. The van der Waals surface area contributed by atoms with Gasteiger partial charge in [0.2, 0.25) is 0 Å². The molecule has 0 saturated carbocycles. The van der Waals surface area contributed by atoms with Crippen molar-refractivity contribution in [2.75, 3.05) is 19.1 Å². The Bertz CT molecular complexity index is 569. The van der Waals surface area contributed by atoms with E-state index in [1.54, 1.807) is 0 Å². The molecular weight excluding hydrogens is 406 g/mol. The molecule has 0 aromatic carbocycles. The fourth-order valence-electron chi connectivity index (χ4n) is 2.01. The highest BCUT2D eigenvalue weighted by Gasteiger charge is 2.45. The summed E-state index contributed by atoms with van der Waals surface area (Å²) in [7, 11) is 2.65. The molecule has 2 atom stereocenters. The highest BCUT2D eigenvalue weighted by atomic mass is 127. The van der Waals surface area contributed by atoms with Crippen LogP contribution in [0, 0.1) is 3.57 Å². The third-order valence-electron chi connectivity index (χ3n) is 3.04. The third kappa shape index (κ3) is 2.79. The highest BCUT2D eigenvalue weighted by molar-refractivity contribution is 14.1. The van der Waals surface area contributed by atoms with Gasteiger partial charge in [0, 0.05) is 23.9 Å². The molecule has 1 saturated heterocycles. The van der Waals surface area contributed by atoms with E-state index in [2.05, 4.69) is 4.98 Å². The molecule has 2 amide bonds. The Hall–Kier alpha value is -1.14. The smallest absolute Gasteiger partial charge is 0.369 e. The summed E-state index contributed by atoms with van der Waals surface area (Å²) in [6, 6.07) is 0.0329. The number of rotatable bonds is 2. The van der Waals surface area contributed by atoms with Gasteiger partial charge in [-0.15, -0.1) is 0 Å². The molecule has 1 aromatic rings. The average molecular weight is 417 g/mol. The molecule has 116 valence electrons. The van der Waals surface area contributed by atoms with Gasteiger partial charge in [0.1, 0.15) is 5.82 Å². The van der Waals surface area contributed by atoms with Gasteiger partial charge >= 0.3 is 12.2 Å². The molecule has 10 heteroatoms. The molecule has 2 unspecified atom stereocenters. The van der Waals surface area contributed by atoms with Gasteiger partial charge in [-0.25, -0.2) is 14.7 Å². The summed E-state index contributed by atoms with van der Waals surface area (Å²) in [6.07, 6.45) is -6.00. The van der Waals surface area contributed by atoms with E-state index >= 15 is 0 Å². The largest absolute Gasteiger partial charge is 0.417 e. The van der Waals surface area contributed by atoms with Crippen molar-refractivity contribution in [3.05, 3.63) is 21.4 Å². The fraction of sp³-hybridized carbons (Fsp3) is 0.455. The van der Waals surface area contributed by atoms with Crippen LogP contribution in [-0.4, -0.2) is 47.6 Å². The first kappa shape index (κ1) is 16.2. The van der Waals surface area contributed by atoms with Gasteiger partial charge < -0.3 is 9.84 Å². The number of urea groups is 1. The minimum atomic E-state index is -4.57. The number of aliphatic hydroxyl groups excluding tert-OH is 1. The minimum absolute atomic E-state index is 0.0957. The quantitative estimate of drug-likeness (QED) is 0.747. The van der Waals surface area contributed by atoms with Crippen LogP contribution in [-0.2, 0) is 10.9 Å². The number of likely N-dealkylation sites (N-methyl/N-ethyl adjacent to an activating group) is 1.